The minimum Gasteiger partial charge on any atom is -0.341 e. The molecule has 0 bridgehead atoms. The molecule has 24 heavy (non-hydrogen) atoms. The summed E-state index contributed by atoms with van der Waals surface area (Å²) in [4.78, 5) is 31.6. The average molecular weight is 346 g/mol. The number of halogens is 1. The molecule has 0 spiro atoms. The highest BCUT2D eigenvalue weighted by Gasteiger charge is 2.21. The van der Waals surface area contributed by atoms with Crippen molar-refractivity contribution < 1.29 is 4.79 Å². The summed E-state index contributed by atoms with van der Waals surface area (Å²) in [6.07, 6.45) is 2.04. The van der Waals surface area contributed by atoms with Gasteiger partial charge in [0.15, 0.2) is 0 Å². The second-order valence-electron chi connectivity index (χ2n) is 6.14. The molecule has 1 amide bonds. The highest BCUT2D eigenvalue weighted by molar-refractivity contribution is 6.30. The van der Waals surface area contributed by atoms with Crippen molar-refractivity contribution in [1.82, 2.24) is 14.5 Å². The number of aryl methyl sites for hydroxylation is 1. The number of carbonyl (C=O) groups is 1. The molecule has 2 aromatic rings. The smallest absolute Gasteiger partial charge is 0.257 e. The largest absolute Gasteiger partial charge is 0.341 e. The van der Waals surface area contributed by atoms with Crippen LogP contribution in [0.5, 0.6) is 0 Å². The summed E-state index contributed by atoms with van der Waals surface area (Å²) in [5.74, 6) is 0.445. The van der Waals surface area contributed by atoms with Gasteiger partial charge in [0.1, 0.15) is 12.4 Å². The van der Waals surface area contributed by atoms with Crippen LogP contribution in [-0.4, -0.2) is 33.4 Å². The lowest BCUT2D eigenvalue weighted by molar-refractivity contribution is -0.130. The number of likely N-dealkylation sites (tertiary alicyclic amines) is 1. The molecule has 0 unspecified atom stereocenters. The highest BCUT2D eigenvalue weighted by atomic mass is 35.5. The van der Waals surface area contributed by atoms with E-state index < -0.39 is 0 Å². The zero-order valence-electron chi connectivity index (χ0n) is 13.9. The molecule has 1 aromatic heterocycles. The standard InChI is InChI=1S/C18H20ClN3O2/c1-12-13(2)20-17(14-6-5-7-15(19)10-14)22(18(12)24)11-16(23)21-8-3-4-9-21/h5-7,10H,3-4,8-9,11H2,1-2H3. The molecule has 6 heteroatoms. The third-order valence-electron chi connectivity index (χ3n) is 4.47. The van der Waals surface area contributed by atoms with E-state index >= 15 is 0 Å². The Hall–Kier alpha value is -2.14. The lowest BCUT2D eigenvalue weighted by Crippen LogP contribution is -2.36. The van der Waals surface area contributed by atoms with Crippen molar-refractivity contribution in [2.24, 2.45) is 0 Å². The van der Waals surface area contributed by atoms with Crippen LogP contribution >= 0.6 is 11.6 Å². The number of rotatable bonds is 3. The third-order valence-corrected chi connectivity index (χ3v) is 4.71. The van der Waals surface area contributed by atoms with Crippen molar-refractivity contribution in [3.05, 3.63) is 50.9 Å². The monoisotopic (exact) mass is 345 g/mol. The normalized spacial score (nSPS) is 14.2. The van der Waals surface area contributed by atoms with Crippen molar-refractivity contribution in [2.45, 2.75) is 33.2 Å². The zero-order chi connectivity index (χ0) is 17.3. The number of carbonyl (C=O) groups excluding carboxylic acids is 1. The van der Waals surface area contributed by atoms with Crippen LogP contribution in [0.25, 0.3) is 11.4 Å². The van der Waals surface area contributed by atoms with Gasteiger partial charge in [0.2, 0.25) is 5.91 Å². The van der Waals surface area contributed by atoms with Crippen molar-refractivity contribution in [3.63, 3.8) is 0 Å². The predicted molar refractivity (Wildman–Crippen MR) is 94.2 cm³/mol. The quantitative estimate of drug-likeness (QED) is 0.859. The minimum atomic E-state index is -0.176. The maximum atomic E-state index is 12.7. The van der Waals surface area contributed by atoms with Gasteiger partial charge in [-0.1, -0.05) is 23.7 Å². The van der Waals surface area contributed by atoms with E-state index in [-0.39, 0.29) is 18.0 Å². The first-order valence-corrected chi connectivity index (χ1v) is 8.47. The van der Waals surface area contributed by atoms with Gasteiger partial charge in [-0.25, -0.2) is 4.98 Å². The fourth-order valence-electron chi connectivity index (χ4n) is 2.95. The summed E-state index contributed by atoms with van der Waals surface area (Å²) in [5, 5.41) is 0.567. The van der Waals surface area contributed by atoms with Gasteiger partial charge in [-0.15, -0.1) is 0 Å². The molecule has 1 fully saturated rings. The zero-order valence-corrected chi connectivity index (χ0v) is 14.6. The van der Waals surface area contributed by atoms with Gasteiger partial charge in [-0.05, 0) is 38.8 Å². The van der Waals surface area contributed by atoms with Crippen molar-refractivity contribution >= 4 is 17.5 Å². The molecule has 0 N–H and O–H groups in total. The van der Waals surface area contributed by atoms with E-state index in [2.05, 4.69) is 4.98 Å². The molecule has 0 aliphatic carbocycles. The predicted octanol–water partition coefficient (Wildman–Crippen LogP) is 2.80. The molecule has 1 saturated heterocycles. The van der Waals surface area contributed by atoms with Crippen LogP contribution in [0.3, 0.4) is 0 Å². The minimum absolute atomic E-state index is 0.00873. The maximum Gasteiger partial charge on any atom is 0.257 e. The van der Waals surface area contributed by atoms with Crippen LogP contribution in [0.1, 0.15) is 24.1 Å². The molecule has 3 rings (SSSR count). The number of hydrogen-bond acceptors (Lipinski definition) is 3. The Morgan fingerprint density at radius 2 is 1.96 bits per heavy atom. The second kappa shape index (κ2) is 6.77. The fourth-order valence-corrected chi connectivity index (χ4v) is 3.14. The van der Waals surface area contributed by atoms with E-state index in [1.165, 1.54) is 4.57 Å². The van der Waals surface area contributed by atoms with Crippen LogP contribution in [-0.2, 0) is 11.3 Å². The first-order valence-electron chi connectivity index (χ1n) is 8.09. The van der Waals surface area contributed by atoms with Crippen LogP contribution in [0.2, 0.25) is 5.02 Å². The molecule has 1 aromatic carbocycles. The first-order chi connectivity index (χ1) is 11.5. The summed E-state index contributed by atoms with van der Waals surface area (Å²) in [5.41, 5.74) is 1.79. The lowest BCUT2D eigenvalue weighted by atomic mass is 10.1. The average Bonchev–Trinajstić information content (AvgIpc) is 3.09. The van der Waals surface area contributed by atoms with Crippen molar-refractivity contribution in [3.8, 4) is 11.4 Å². The molecule has 126 valence electrons. The molecular formula is C18H20ClN3O2. The number of benzene rings is 1. The third kappa shape index (κ3) is 3.22. The Balaban J connectivity index is 2.07. The maximum absolute atomic E-state index is 12.7. The second-order valence-corrected chi connectivity index (χ2v) is 6.57. The number of nitrogens with zero attached hydrogens (tertiary/aromatic N) is 3. The molecule has 1 aliphatic heterocycles. The van der Waals surface area contributed by atoms with E-state index in [9.17, 15) is 9.59 Å². The van der Waals surface area contributed by atoms with Crippen LogP contribution in [0.15, 0.2) is 29.1 Å². The van der Waals surface area contributed by atoms with Crippen molar-refractivity contribution in [1.29, 1.82) is 0 Å². The molecule has 1 aliphatic rings. The molecule has 5 nitrogen and oxygen atoms in total. The molecule has 0 radical (unpaired) electrons. The van der Waals surface area contributed by atoms with Gasteiger partial charge < -0.3 is 4.90 Å². The highest BCUT2D eigenvalue weighted by Crippen LogP contribution is 2.21. The number of hydrogen-bond donors (Lipinski definition) is 0. The lowest BCUT2D eigenvalue weighted by Gasteiger charge is -2.19. The Labute approximate surface area is 145 Å². The number of amides is 1. The van der Waals surface area contributed by atoms with Crippen LogP contribution < -0.4 is 5.56 Å². The summed E-state index contributed by atoms with van der Waals surface area (Å²) in [6.45, 7) is 5.08. The van der Waals surface area contributed by atoms with Crippen molar-refractivity contribution in [2.75, 3.05) is 13.1 Å². The Morgan fingerprint density at radius 1 is 1.25 bits per heavy atom. The molecule has 0 saturated carbocycles. The van der Waals surface area contributed by atoms with E-state index in [0.717, 1.165) is 31.5 Å². The van der Waals surface area contributed by atoms with E-state index in [4.69, 9.17) is 11.6 Å². The van der Waals surface area contributed by atoms with Gasteiger partial charge in [-0.2, -0.15) is 0 Å². The number of aromatic nitrogens is 2. The Kier molecular flexibility index (Phi) is 4.71. The Morgan fingerprint density at radius 3 is 2.62 bits per heavy atom. The summed E-state index contributed by atoms with van der Waals surface area (Å²) in [7, 11) is 0. The first kappa shape index (κ1) is 16.7. The molecular weight excluding hydrogens is 326 g/mol. The van der Waals surface area contributed by atoms with Crippen LogP contribution in [0, 0.1) is 13.8 Å². The van der Waals surface area contributed by atoms with Gasteiger partial charge in [-0.3, -0.25) is 14.2 Å². The van der Waals surface area contributed by atoms with E-state index in [1.807, 2.05) is 17.0 Å². The van der Waals surface area contributed by atoms with Gasteiger partial charge in [0, 0.05) is 34.9 Å². The SMILES string of the molecule is Cc1nc(-c2cccc(Cl)c2)n(CC(=O)N2CCCC2)c(=O)c1C. The van der Waals surface area contributed by atoms with Gasteiger partial charge >= 0.3 is 0 Å². The Bertz CT molecular complexity index is 839. The van der Waals surface area contributed by atoms with Gasteiger partial charge in [0.05, 0.1) is 0 Å². The summed E-state index contributed by atoms with van der Waals surface area (Å²) in [6, 6.07) is 7.18. The van der Waals surface area contributed by atoms with Gasteiger partial charge in [0.25, 0.3) is 5.56 Å². The summed E-state index contributed by atoms with van der Waals surface area (Å²) >= 11 is 6.08. The fraction of sp³-hybridized carbons (Fsp3) is 0.389. The molecule has 0 atom stereocenters. The van der Waals surface area contributed by atoms with Crippen LogP contribution in [0.4, 0.5) is 0 Å². The topological polar surface area (TPSA) is 55.2 Å². The summed E-state index contributed by atoms with van der Waals surface area (Å²) < 4.78 is 1.47. The molecule has 2 heterocycles. The van der Waals surface area contributed by atoms with E-state index in [0.29, 0.717) is 22.1 Å². The van der Waals surface area contributed by atoms with E-state index in [1.54, 1.807) is 26.0 Å².